The maximum absolute atomic E-state index is 13.0. The number of amides is 1. The van der Waals surface area contributed by atoms with Crippen molar-refractivity contribution in [2.24, 2.45) is 0 Å². The van der Waals surface area contributed by atoms with Crippen molar-refractivity contribution < 1.29 is 9.53 Å². The number of pyridine rings is 1. The van der Waals surface area contributed by atoms with E-state index in [0.29, 0.717) is 31.8 Å². The number of hydrogen-bond donors (Lipinski definition) is 1. The lowest BCUT2D eigenvalue weighted by atomic mass is 9.89. The zero-order valence-electron chi connectivity index (χ0n) is 16.3. The van der Waals surface area contributed by atoms with Crippen molar-refractivity contribution in [2.45, 2.75) is 38.5 Å². The van der Waals surface area contributed by atoms with Gasteiger partial charge in [0.2, 0.25) is 0 Å². The topological polar surface area (TPSA) is 83.5 Å². The Morgan fingerprint density at radius 2 is 2.14 bits per heavy atom. The van der Waals surface area contributed by atoms with Gasteiger partial charge in [0, 0.05) is 56.4 Å². The minimum atomic E-state index is -0.286. The lowest BCUT2D eigenvalue weighted by Crippen LogP contribution is -2.58. The van der Waals surface area contributed by atoms with Crippen molar-refractivity contribution in [3.8, 4) is 0 Å². The van der Waals surface area contributed by atoms with E-state index in [1.165, 1.54) is 6.07 Å². The van der Waals surface area contributed by atoms with Gasteiger partial charge >= 0.3 is 0 Å². The molecule has 4 rings (SSSR count). The second kappa shape index (κ2) is 7.89. The van der Waals surface area contributed by atoms with Crippen LogP contribution in [0.25, 0.3) is 0 Å². The van der Waals surface area contributed by atoms with Crippen molar-refractivity contribution in [1.29, 1.82) is 0 Å². The smallest absolute Gasteiger partial charge is 0.254 e. The maximum atomic E-state index is 13.0. The zero-order chi connectivity index (χ0) is 19.6. The molecule has 1 amide bonds. The highest BCUT2D eigenvalue weighted by Crippen LogP contribution is 2.31. The Morgan fingerprint density at radius 3 is 2.82 bits per heavy atom. The number of aryl methyl sites for hydroxylation is 1. The molecule has 28 heavy (non-hydrogen) atoms. The van der Waals surface area contributed by atoms with Crippen molar-refractivity contribution in [2.75, 3.05) is 32.8 Å². The van der Waals surface area contributed by atoms with Gasteiger partial charge in [0.05, 0.1) is 25.3 Å². The third-order valence-corrected chi connectivity index (χ3v) is 5.81. The van der Waals surface area contributed by atoms with Crippen LogP contribution in [0.3, 0.4) is 0 Å². The zero-order valence-corrected chi connectivity index (χ0v) is 16.3. The fraction of sp³-hybridized carbons (Fsp3) is 0.550. The number of aromatic nitrogens is 3. The number of imidazole rings is 1. The normalized spacial score (nSPS) is 19.8. The van der Waals surface area contributed by atoms with Crippen LogP contribution in [0.1, 0.15) is 35.9 Å². The Labute approximate surface area is 164 Å². The van der Waals surface area contributed by atoms with Crippen LogP contribution in [0.4, 0.5) is 0 Å². The van der Waals surface area contributed by atoms with E-state index in [-0.39, 0.29) is 17.1 Å². The summed E-state index contributed by atoms with van der Waals surface area (Å²) in [5, 5.41) is 0. The first-order valence-electron chi connectivity index (χ1n) is 9.93. The lowest BCUT2D eigenvalue weighted by Gasteiger charge is -2.47. The van der Waals surface area contributed by atoms with Gasteiger partial charge in [-0.2, -0.15) is 0 Å². The molecule has 150 valence electrons. The van der Waals surface area contributed by atoms with Crippen LogP contribution in [0.15, 0.2) is 35.5 Å². The number of carbonyl (C=O) groups is 1. The third-order valence-electron chi connectivity index (χ3n) is 5.81. The highest BCUT2D eigenvalue weighted by Gasteiger charge is 2.41. The second-order valence-corrected chi connectivity index (χ2v) is 7.61. The summed E-state index contributed by atoms with van der Waals surface area (Å²) in [6.45, 7) is 6.82. The Bertz CT molecular complexity index is 868. The summed E-state index contributed by atoms with van der Waals surface area (Å²) in [5.74, 6) is 0.889. The number of rotatable bonds is 4. The van der Waals surface area contributed by atoms with Crippen LogP contribution in [-0.2, 0) is 17.8 Å². The summed E-state index contributed by atoms with van der Waals surface area (Å²) >= 11 is 0. The van der Waals surface area contributed by atoms with Gasteiger partial charge in [0.25, 0.3) is 11.5 Å². The third kappa shape index (κ3) is 3.88. The standard InChI is InChI=1S/C20H27N5O3/c1-2-24-8-3-16(13-18(24)26)19(27)25-11-12-28-20(15-25)4-9-23(10-5-20)14-17-21-6-7-22-17/h3,6-8,13H,2,4-5,9-12,14-15H2,1H3,(H,21,22). The Balaban J connectivity index is 1.39. The molecule has 2 aromatic heterocycles. The average molecular weight is 385 g/mol. The number of nitrogens with one attached hydrogen (secondary N) is 1. The molecule has 1 spiro atoms. The second-order valence-electron chi connectivity index (χ2n) is 7.61. The van der Waals surface area contributed by atoms with Gasteiger partial charge in [-0.3, -0.25) is 14.5 Å². The molecule has 2 aliphatic heterocycles. The highest BCUT2D eigenvalue weighted by molar-refractivity contribution is 5.94. The predicted molar refractivity (Wildman–Crippen MR) is 104 cm³/mol. The number of H-pyrrole nitrogens is 1. The van der Waals surface area contributed by atoms with Crippen LogP contribution in [-0.4, -0.2) is 68.6 Å². The number of ether oxygens (including phenoxy) is 1. The van der Waals surface area contributed by atoms with E-state index < -0.39 is 0 Å². The number of piperidine rings is 1. The molecule has 4 heterocycles. The highest BCUT2D eigenvalue weighted by atomic mass is 16.5. The summed E-state index contributed by atoms with van der Waals surface area (Å²) < 4.78 is 7.75. The molecule has 2 saturated heterocycles. The number of hydrogen-bond acceptors (Lipinski definition) is 5. The molecule has 0 atom stereocenters. The molecule has 0 radical (unpaired) electrons. The van der Waals surface area contributed by atoms with Gasteiger partial charge < -0.3 is 19.2 Å². The number of aromatic amines is 1. The molecule has 0 bridgehead atoms. The minimum Gasteiger partial charge on any atom is -0.371 e. The summed E-state index contributed by atoms with van der Waals surface area (Å²) in [6.07, 6.45) is 7.07. The molecule has 0 unspecified atom stereocenters. The first kappa shape index (κ1) is 18.9. The monoisotopic (exact) mass is 385 g/mol. The van der Waals surface area contributed by atoms with E-state index in [1.807, 2.05) is 18.0 Å². The predicted octanol–water partition coefficient (Wildman–Crippen LogP) is 1.10. The molecule has 0 saturated carbocycles. The Kier molecular flexibility index (Phi) is 5.32. The molecule has 1 N–H and O–H groups in total. The van der Waals surface area contributed by atoms with Crippen LogP contribution >= 0.6 is 0 Å². The van der Waals surface area contributed by atoms with E-state index in [4.69, 9.17) is 4.74 Å². The van der Waals surface area contributed by atoms with Crippen molar-refractivity contribution in [3.05, 3.63) is 52.5 Å². The lowest BCUT2D eigenvalue weighted by molar-refractivity contribution is -0.128. The molecular formula is C20H27N5O3. The van der Waals surface area contributed by atoms with E-state index in [1.54, 1.807) is 23.0 Å². The number of carbonyl (C=O) groups excluding carboxylic acids is 1. The van der Waals surface area contributed by atoms with Crippen LogP contribution in [0.2, 0.25) is 0 Å². The van der Waals surface area contributed by atoms with E-state index in [9.17, 15) is 9.59 Å². The van der Waals surface area contributed by atoms with Gasteiger partial charge in [-0.1, -0.05) is 0 Å². The molecule has 8 heteroatoms. The summed E-state index contributed by atoms with van der Waals surface area (Å²) in [7, 11) is 0. The summed E-state index contributed by atoms with van der Waals surface area (Å²) in [4.78, 5) is 36.7. The number of nitrogens with zero attached hydrogens (tertiary/aromatic N) is 4. The first-order valence-corrected chi connectivity index (χ1v) is 9.93. The van der Waals surface area contributed by atoms with Gasteiger partial charge in [-0.15, -0.1) is 0 Å². The van der Waals surface area contributed by atoms with Gasteiger partial charge in [0.1, 0.15) is 5.82 Å². The average Bonchev–Trinajstić information content (AvgIpc) is 3.22. The van der Waals surface area contributed by atoms with Crippen molar-refractivity contribution in [1.82, 2.24) is 24.3 Å². The first-order chi connectivity index (χ1) is 13.6. The Hall–Kier alpha value is -2.45. The molecule has 8 nitrogen and oxygen atoms in total. The van der Waals surface area contributed by atoms with Crippen molar-refractivity contribution >= 4 is 5.91 Å². The van der Waals surface area contributed by atoms with E-state index >= 15 is 0 Å². The van der Waals surface area contributed by atoms with Gasteiger partial charge in [0.15, 0.2) is 0 Å². The van der Waals surface area contributed by atoms with Gasteiger partial charge in [-0.25, -0.2) is 4.98 Å². The van der Waals surface area contributed by atoms with Crippen LogP contribution in [0.5, 0.6) is 0 Å². The van der Waals surface area contributed by atoms with Crippen molar-refractivity contribution in [3.63, 3.8) is 0 Å². The number of morpholine rings is 1. The molecule has 0 aromatic carbocycles. The quantitative estimate of drug-likeness (QED) is 0.852. The summed E-state index contributed by atoms with van der Waals surface area (Å²) in [5.41, 5.74) is 0.0379. The van der Waals surface area contributed by atoms with Crippen LogP contribution in [0, 0.1) is 0 Å². The van der Waals surface area contributed by atoms with E-state index in [2.05, 4.69) is 14.9 Å². The molecule has 0 aliphatic carbocycles. The molecule has 2 aliphatic rings. The molecule has 2 aromatic rings. The Morgan fingerprint density at radius 1 is 1.32 bits per heavy atom. The number of likely N-dealkylation sites (tertiary alicyclic amines) is 1. The summed E-state index contributed by atoms with van der Waals surface area (Å²) in [6, 6.07) is 3.18. The SMILES string of the molecule is CCn1ccc(C(=O)N2CCOC3(CCN(Cc4ncc[nH]4)CC3)C2)cc1=O. The van der Waals surface area contributed by atoms with Crippen LogP contribution < -0.4 is 5.56 Å². The maximum Gasteiger partial charge on any atom is 0.254 e. The molecule has 2 fully saturated rings. The van der Waals surface area contributed by atoms with Gasteiger partial charge in [-0.05, 0) is 25.8 Å². The fourth-order valence-electron chi connectivity index (χ4n) is 4.12. The van der Waals surface area contributed by atoms with E-state index in [0.717, 1.165) is 38.3 Å². The fourth-order valence-corrected chi connectivity index (χ4v) is 4.12. The minimum absolute atomic E-state index is 0.0824. The largest absolute Gasteiger partial charge is 0.371 e. The molecular weight excluding hydrogens is 358 g/mol.